The van der Waals surface area contributed by atoms with Gasteiger partial charge < -0.3 is 19.7 Å². The van der Waals surface area contributed by atoms with Gasteiger partial charge in [-0.15, -0.1) is 0 Å². The van der Waals surface area contributed by atoms with Crippen molar-refractivity contribution in [3.8, 4) is 11.5 Å². The summed E-state index contributed by atoms with van der Waals surface area (Å²) in [5.74, 6) is -0.782. The molecule has 0 saturated carbocycles. The first-order valence-corrected chi connectivity index (χ1v) is 9.13. The molecule has 9 nitrogen and oxygen atoms in total. The number of amides is 3. The SMILES string of the molecule is COc1cc(/C=N\NC(=O)C(=O)NC(C)C)ccc1OCC(=O)N1CCCC1. The molecule has 1 aliphatic heterocycles. The van der Waals surface area contributed by atoms with E-state index in [1.807, 2.05) is 0 Å². The number of hydrazone groups is 1. The zero-order chi connectivity index (χ0) is 20.5. The molecule has 1 saturated heterocycles. The lowest BCUT2D eigenvalue weighted by molar-refractivity contribution is -0.139. The summed E-state index contributed by atoms with van der Waals surface area (Å²) in [6, 6.07) is 4.86. The lowest BCUT2D eigenvalue weighted by Crippen LogP contribution is -2.41. The number of benzene rings is 1. The monoisotopic (exact) mass is 390 g/mol. The van der Waals surface area contributed by atoms with E-state index in [1.54, 1.807) is 36.9 Å². The topological polar surface area (TPSA) is 109 Å². The predicted octanol–water partition coefficient (Wildman–Crippen LogP) is 0.671. The Morgan fingerprint density at radius 1 is 1.18 bits per heavy atom. The lowest BCUT2D eigenvalue weighted by Gasteiger charge is -2.16. The van der Waals surface area contributed by atoms with Gasteiger partial charge >= 0.3 is 11.8 Å². The van der Waals surface area contributed by atoms with Gasteiger partial charge in [-0.2, -0.15) is 5.10 Å². The Hall–Kier alpha value is -3.10. The highest BCUT2D eigenvalue weighted by atomic mass is 16.5. The highest BCUT2D eigenvalue weighted by Crippen LogP contribution is 2.27. The van der Waals surface area contributed by atoms with Crippen molar-refractivity contribution in [3.05, 3.63) is 23.8 Å². The number of ether oxygens (including phenoxy) is 2. The van der Waals surface area contributed by atoms with E-state index in [-0.39, 0.29) is 18.6 Å². The number of hydrogen-bond donors (Lipinski definition) is 2. The van der Waals surface area contributed by atoms with Crippen LogP contribution in [0, 0.1) is 0 Å². The highest BCUT2D eigenvalue weighted by molar-refractivity contribution is 6.35. The Labute approximate surface area is 164 Å². The van der Waals surface area contributed by atoms with Crippen LogP contribution in [0.5, 0.6) is 11.5 Å². The van der Waals surface area contributed by atoms with Gasteiger partial charge in [0.05, 0.1) is 13.3 Å². The molecule has 0 aliphatic carbocycles. The average molecular weight is 390 g/mol. The molecule has 1 fully saturated rings. The molecule has 1 aromatic carbocycles. The third-order valence-electron chi connectivity index (χ3n) is 4.00. The van der Waals surface area contributed by atoms with E-state index < -0.39 is 11.8 Å². The van der Waals surface area contributed by atoms with Gasteiger partial charge in [-0.3, -0.25) is 14.4 Å². The summed E-state index contributed by atoms with van der Waals surface area (Å²) in [7, 11) is 1.49. The van der Waals surface area contributed by atoms with Crippen LogP contribution in [0.2, 0.25) is 0 Å². The van der Waals surface area contributed by atoms with Crippen molar-refractivity contribution in [1.29, 1.82) is 0 Å². The number of nitrogens with zero attached hydrogens (tertiary/aromatic N) is 2. The predicted molar refractivity (Wildman–Crippen MR) is 103 cm³/mol. The molecule has 0 atom stereocenters. The van der Waals surface area contributed by atoms with Crippen molar-refractivity contribution in [2.24, 2.45) is 5.10 Å². The van der Waals surface area contributed by atoms with E-state index in [9.17, 15) is 14.4 Å². The third-order valence-corrected chi connectivity index (χ3v) is 4.00. The van der Waals surface area contributed by atoms with Gasteiger partial charge in [-0.05, 0) is 50.5 Å². The van der Waals surface area contributed by atoms with E-state index in [4.69, 9.17) is 9.47 Å². The summed E-state index contributed by atoms with van der Waals surface area (Å²) < 4.78 is 10.9. The Kier molecular flexibility index (Phi) is 7.79. The van der Waals surface area contributed by atoms with Crippen LogP contribution in [0.1, 0.15) is 32.3 Å². The molecule has 0 radical (unpaired) electrons. The van der Waals surface area contributed by atoms with Gasteiger partial charge in [-0.1, -0.05) is 0 Å². The van der Waals surface area contributed by atoms with Crippen LogP contribution in [0.15, 0.2) is 23.3 Å². The molecular weight excluding hydrogens is 364 g/mol. The van der Waals surface area contributed by atoms with Crippen LogP contribution in [0.25, 0.3) is 0 Å². The Bertz CT molecular complexity index is 742. The maximum absolute atomic E-state index is 12.1. The normalized spacial score (nSPS) is 13.6. The molecule has 0 bridgehead atoms. The summed E-state index contributed by atoms with van der Waals surface area (Å²) in [4.78, 5) is 36.9. The lowest BCUT2D eigenvalue weighted by atomic mass is 10.2. The molecule has 1 aliphatic rings. The van der Waals surface area contributed by atoms with E-state index in [1.165, 1.54) is 13.3 Å². The number of carbonyl (C=O) groups is 3. The Morgan fingerprint density at radius 2 is 1.89 bits per heavy atom. The average Bonchev–Trinajstić information content (AvgIpc) is 3.20. The summed E-state index contributed by atoms with van der Waals surface area (Å²) in [5.41, 5.74) is 2.78. The van der Waals surface area contributed by atoms with Gasteiger partial charge in [0.2, 0.25) is 0 Å². The molecule has 9 heteroatoms. The van der Waals surface area contributed by atoms with Crippen LogP contribution < -0.4 is 20.2 Å². The molecule has 2 rings (SSSR count). The smallest absolute Gasteiger partial charge is 0.329 e. The van der Waals surface area contributed by atoms with Gasteiger partial charge in [0.1, 0.15) is 0 Å². The Balaban J connectivity index is 1.91. The molecule has 0 unspecified atom stereocenters. The molecule has 2 N–H and O–H groups in total. The molecular formula is C19H26N4O5. The molecule has 28 heavy (non-hydrogen) atoms. The summed E-state index contributed by atoms with van der Waals surface area (Å²) in [6.07, 6.45) is 3.43. The minimum atomic E-state index is -0.850. The number of rotatable bonds is 7. The molecule has 0 spiro atoms. The molecule has 3 amide bonds. The fraction of sp³-hybridized carbons (Fsp3) is 0.474. The van der Waals surface area contributed by atoms with Gasteiger partial charge in [-0.25, -0.2) is 5.43 Å². The quantitative estimate of drug-likeness (QED) is 0.404. The van der Waals surface area contributed by atoms with E-state index in [0.717, 1.165) is 25.9 Å². The van der Waals surface area contributed by atoms with Crippen molar-refractivity contribution < 1.29 is 23.9 Å². The fourth-order valence-corrected chi connectivity index (χ4v) is 2.62. The van der Waals surface area contributed by atoms with Crippen molar-refractivity contribution >= 4 is 23.9 Å². The second-order valence-electron chi connectivity index (χ2n) is 6.61. The van der Waals surface area contributed by atoms with E-state index in [2.05, 4.69) is 15.8 Å². The summed E-state index contributed by atoms with van der Waals surface area (Å²) >= 11 is 0. The van der Waals surface area contributed by atoms with Crippen LogP contribution in [-0.2, 0) is 14.4 Å². The molecule has 152 valence electrons. The van der Waals surface area contributed by atoms with Crippen molar-refractivity contribution in [3.63, 3.8) is 0 Å². The standard InChI is InChI=1S/C19H26N4O5/c1-13(2)21-18(25)19(26)22-20-11-14-6-7-15(16(10-14)27-3)28-12-17(24)23-8-4-5-9-23/h6-7,10-11,13H,4-5,8-9,12H2,1-3H3,(H,21,25)(H,22,26)/b20-11-. The number of hydrogen-bond acceptors (Lipinski definition) is 6. The van der Waals surface area contributed by atoms with Crippen LogP contribution in [0.4, 0.5) is 0 Å². The maximum Gasteiger partial charge on any atom is 0.329 e. The first kappa shape index (κ1) is 21.2. The van der Waals surface area contributed by atoms with E-state index >= 15 is 0 Å². The number of nitrogens with one attached hydrogen (secondary N) is 2. The zero-order valence-electron chi connectivity index (χ0n) is 16.4. The van der Waals surface area contributed by atoms with Crippen LogP contribution >= 0.6 is 0 Å². The minimum absolute atomic E-state index is 0.0485. The van der Waals surface area contributed by atoms with Crippen molar-refractivity contribution in [2.45, 2.75) is 32.7 Å². The number of carbonyl (C=O) groups excluding carboxylic acids is 3. The van der Waals surface area contributed by atoms with Crippen LogP contribution in [0.3, 0.4) is 0 Å². The molecule has 1 aromatic rings. The molecule has 0 aromatic heterocycles. The Morgan fingerprint density at radius 3 is 2.54 bits per heavy atom. The minimum Gasteiger partial charge on any atom is -0.493 e. The zero-order valence-corrected chi connectivity index (χ0v) is 16.4. The third kappa shape index (κ3) is 6.26. The van der Waals surface area contributed by atoms with Crippen LogP contribution in [-0.4, -0.2) is 61.7 Å². The van der Waals surface area contributed by atoms with Crippen molar-refractivity contribution in [1.82, 2.24) is 15.6 Å². The molecule has 1 heterocycles. The summed E-state index contributed by atoms with van der Waals surface area (Å²) in [5, 5.41) is 6.23. The highest BCUT2D eigenvalue weighted by Gasteiger charge is 2.19. The number of likely N-dealkylation sites (tertiary alicyclic amines) is 1. The van der Waals surface area contributed by atoms with E-state index in [0.29, 0.717) is 17.1 Å². The van der Waals surface area contributed by atoms with Gasteiger partial charge in [0, 0.05) is 19.1 Å². The fourth-order valence-electron chi connectivity index (χ4n) is 2.62. The van der Waals surface area contributed by atoms with Gasteiger partial charge in [0.25, 0.3) is 5.91 Å². The second kappa shape index (κ2) is 10.3. The second-order valence-corrected chi connectivity index (χ2v) is 6.61. The maximum atomic E-state index is 12.1. The first-order chi connectivity index (χ1) is 13.4. The largest absolute Gasteiger partial charge is 0.493 e. The van der Waals surface area contributed by atoms with Crippen molar-refractivity contribution in [2.75, 3.05) is 26.8 Å². The summed E-state index contributed by atoms with van der Waals surface area (Å²) in [6.45, 7) is 5.00. The first-order valence-electron chi connectivity index (χ1n) is 9.13. The van der Waals surface area contributed by atoms with Gasteiger partial charge in [0.15, 0.2) is 18.1 Å². The number of methoxy groups -OCH3 is 1.